The number of benzene rings is 1. The number of nitrogens with zero attached hydrogens (tertiary/aromatic N) is 2. The molecule has 1 amide bonds. The van der Waals surface area contributed by atoms with Gasteiger partial charge in [-0.3, -0.25) is 4.79 Å². The van der Waals surface area contributed by atoms with Gasteiger partial charge in [0.2, 0.25) is 0 Å². The zero-order chi connectivity index (χ0) is 16.7. The highest BCUT2D eigenvalue weighted by molar-refractivity contribution is 5.99. The van der Waals surface area contributed by atoms with Crippen molar-refractivity contribution in [3.8, 4) is 0 Å². The van der Waals surface area contributed by atoms with Crippen molar-refractivity contribution >= 4 is 22.8 Å². The zero-order valence-electron chi connectivity index (χ0n) is 13.5. The molecule has 1 aromatic carbocycles. The maximum Gasteiger partial charge on any atom is 0.334 e. The number of amides is 1. The maximum atomic E-state index is 12.7. The fraction of sp³-hybridized carbons (Fsp3) is 0.412. The van der Waals surface area contributed by atoms with Crippen LogP contribution in [0.3, 0.4) is 0 Å². The van der Waals surface area contributed by atoms with Gasteiger partial charge in [-0.15, -0.1) is 0 Å². The number of ether oxygens (including phenoxy) is 1. The molecule has 1 N–H and O–H groups in total. The fourth-order valence-corrected chi connectivity index (χ4v) is 3.05. The van der Waals surface area contributed by atoms with E-state index in [2.05, 4.69) is 11.5 Å². The van der Waals surface area contributed by atoms with Gasteiger partial charge in [0, 0.05) is 35.8 Å². The van der Waals surface area contributed by atoms with Crippen LogP contribution in [-0.4, -0.2) is 52.3 Å². The zero-order valence-corrected chi connectivity index (χ0v) is 13.5. The van der Waals surface area contributed by atoms with E-state index in [1.165, 1.54) is 5.69 Å². The van der Waals surface area contributed by atoms with Crippen molar-refractivity contribution in [1.82, 2.24) is 9.47 Å². The SMILES string of the molecule is Cc1c(C)n(C)c2ccc(C(=O)N3CCOC(C(=O)O)C3)cc12. The molecule has 1 saturated heterocycles. The lowest BCUT2D eigenvalue weighted by atomic mass is 10.1. The molecular formula is C17H20N2O4. The lowest BCUT2D eigenvalue weighted by Crippen LogP contribution is -2.48. The van der Waals surface area contributed by atoms with Crippen LogP contribution in [0.25, 0.3) is 10.9 Å². The Morgan fingerprint density at radius 3 is 2.74 bits per heavy atom. The summed E-state index contributed by atoms with van der Waals surface area (Å²) >= 11 is 0. The molecule has 3 rings (SSSR count). The molecule has 1 atom stereocenters. The number of aromatic nitrogens is 1. The second-order valence-electron chi connectivity index (χ2n) is 5.95. The molecule has 0 radical (unpaired) electrons. The van der Waals surface area contributed by atoms with Gasteiger partial charge < -0.3 is 19.3 Å². The largest absolute Gasteiger partial charge is 0.479 e. The Morgan fingerprint density at radius 1 is 1.30 bits per heavy atom. The van der Waals surface area contributed by atoms with E-state index in [1.54, 1.807) is 11.0 Å². The molecule has 0 spiro atoms. The van der Waals surface area contributed by atoms with Crippen LogP contribution in [-0.2, 0) is 16.6 Å². The van der Waals surface area contributed by atoms with Crippen molar-refractivity contribution in [2.24, 2.45) is 7.05 Å². The van der Waals surface area contributed by atoms with Crippen LogP contribution in [0.4, 0.5) is 0 Å². The molecule has 0 aliphatic carbocycles. The average molecular weight is 316 g/mol. The minimum Gasteiger partial charge on any atom is -0.479 e. The second-order valence-corrected chi connectivity index (χ2v) is 5.95. The highest BCUT2D eigenvalue weighted by Crippen LogP contribution is 2.25. The molecule has 2 heterocycles. The number of hydrogen-bond donors (Lipinski definition) is 1. The summed E-state index contributed by atoms with van der Waals surface area (Å²) in [6.07, 6.45) is -0.947. The standard InChI is InChI=1S/C17H20N2O4/c1-10-11(2)18(3)14-5-4-12(8-13(10)14)16(20)19-6-7-23-15(9-19)17(21)22/h4-5,8,15H,6-7,9H2,1-3H3,(H,21,22). The third kappa shape index (κ3) is 2.59. The van der Waals surface area contributed by atoms with E-state index in [9.17, 15) is 9.59 Å². The number of carboxylic acid groups (broad SMARTS) is 1. The number of fused-ring (bicyclic) bond motifs is 1. The van der Waals surface area contributed by atoms with Crippen molar-refractivity contribution < 1.29 is 19.4 Å². The van der Waals surface area contributed by atoms with E-state index in [-0.39, 0.29) is 19.1 Å². The Hall–Kier alpha value is -2.34. The van der Waals surface area contributed by atoms with Crippen LogP contribution in [0.15, 0.2) is 18.2 Å². The normalized spacial score (nSPS) is 18.4. The van der Waals surface area contributed by atoms with Crippen LogP contribution in [0.2, 0.25) is 0 Å². The number of hydrogen-bond acceptors (Lipinski definition) is 3. The highest BCUT2D eigenvalue weighted by Gasteiger charge is 2.29. The lowest BCUT2D eigenvalue weighted by molar-refractivity contribution is -0.154. The molecule has 1 unspecified atom stereocenters. The third-order valence-electron chi connectivity index (χ3n) is 4.68. The molecule has 1 aliphatic heterocycles. The summed E-state index contributed by atoms with van der Waals surface area (Å²) in [6.45, 7) is 4.83. The van der Waals surface area contributed by atoms with E-state index in [0.29, 0.717) is 12.1 Å². The summed E-state index contributed by atoms with van der Waals surface area (Å²) in [5.74, 6) is -1.19. The minimum atomic E-state index is -1.03. The van der Waals surface area contributed by atoms with E-state index in [4.69, 9.17) is 9.84 Å². The van der Waals surface area contributed by atoms with E-state index < -0.39 is 12.1 Å². The van der Waals surface area contributed by atoms with Gasteiger partial charge in [-0.25, -0.2) is 4.79 Å². The van der Waals surface area contributed by atoms with Crippen LogP contribution < -0.4 is 0 Å². The van der Waals surface area contributed by atoms with Gasteiger partial charge >= 0.3 is 5.97 Å². The molecule has 0 saturated carbocycles. The Kier molecular flexibility index (Phi) is 3.85. The van der Waals surface area contributed by atoms with Crippen LogP contribution in [0.1, 0.15) is 21.6 Å². The Labute approximate surface area is 134 Å². The number of aliphatic carboxylic acids is 1. The number of morpholine rings is 1. The summed E-state index contributed by atoms with van der Waals surface area (Å²) in [4.78, 5) is 25.3. The molecule has 1 aromatic heterocycles. The second kappa shape index (κ2) is 5.70. The molecule has 122 valence electrons. The lowest BCUT2D eigenvalue weighted by Gasteiger charge is -2.31. The first kappa shape index (κ1) is 15.6. The smallest absolute Gasteiger partial charge is 0.334 e. The summed E-state index contributed by atoms with van der Waals surface area (Å²) in [5, 5.41) is 10.1. The first-order valence-electron chi connectivity index (χ1n) is 7.59. The molecule has 2 aromatic rings. The molecule has 1 aliphatic rings. The molecule has 6 nitrogen and oxygen atoms in total. The van der Waals surface area contributed by atoms with Gasteiger partial charge in [0.15, 0.2) is 6.10 Å². The maximum absolute atomic E-state index is 12.7. The Morgan fingerprint density at radius 2 is 2.04 bits per heavy atom. The molecule has 6 heteroatoms. The number of rotatable bonds is 2. The Bertz CT molecular complexity index is 793. The van der Waals surface area contributed by atoms with Crippen molar-refractivity contribution in [3.05, 3.63) is 35.0 Å². The summed E-state index contributed by atoms with van der Waals surface area (Å²) < 4.78 is 7.27. The Balaban J connectivity index is 1.92. The summed E-state index contributed by atoms with van der Waals surface area (Å²) in [7, 11) is 2.01. The quantitative estimate of drug-likeness (QED) is 0.916. The van der Waals surface area contributed by atoms with Gasteiger partial charge in [0.25, 0.3) is 5.91 Å². The van der Waals surface area contributed by atoms with Crippen molar-refractivity contribution in [2.75, 3.05) is 19.7 Å². The molecule has 0 bridgehead atoms. The number of carboxylic acids is 1. The van der Waals surface area contributed by atoms with Gasteiger partial charge in [-0.1, -0.05) is 0 Å². The topological polar surface area (TPSA) is 71.8 Å². The average Bonchev–Trinajstić information content (AvgIpc) is 2.78. The highest BCUT2D eigenvalue weighted by atomic mass is 16.5. The van der Waals surface area contributed by atoms with Crippen molar-refractivity contribution in [3.63, 3.8) is 0 Å². The third-order valence-corrected chi connectivity index (χ3v) is 4.68. The van der Waals surface area contributed by atoms with Gasteiger partial charge in [0.05, 0.1) is 13.2 Å². The summed E-state index contributed by atoms with van der Waals surface area (Å²) in [5.41, 5.74) is 3.99. The van der Waals surface area contributed by atoms with E-state index in [0.717, 1.165) is 16.5 Å². The number of carbonyl (C=O) groups is 2. The fourth-order valence-electron chi connectivity index (χ4n) is 3.05. The van der Waals surface area contributed by atoms with E-state index >= 15 is 0 Å². The predicted molar refractivity (Wildman–Crippen MR) is 85.7 cm³/mol. The molecule has 1 fully saturated rings. The summed E-state index contributed by atoms with van der Waals surface area (Å²) in [6, 6.07) is 5.64. The first-order chi connectivity index (χ1) is 10.9. The van der Waals surface area contributed by atoms with E-state index in [1.807, 2.05) is 26.1 Å². The monoisotopic (exact) mass is 316 g/mol. The predicted octanol–water partition coefficient (Wildman–Crippen LogP) is 1.72. The first-order valence-corrected chi connectivity index (χ1v) is 7.59. The number of aryl methyl sites for hydroxylation is 2. The van der Waals surface area contributed by atoms with Gasteiger partial charge in [0.1, 0.15) is 0 Å². The van der Waals surface area contributed by atoms with Crippen LogP contribution in [0.5, 0.6) is 0 Å². The van der Waals surface area contributed by atoms with Crippen LogP contribution >= 0.6 is 0 Å². The van der Waals surface area contributed by atoms with Crippen LogP contribution in [0, 0.1) is 13.8 Å². The molecule has 23 heavy (non-hydrogen) atoms. The number of carbonyl (C=O) groups excluding carboxylic acids is 1. The van der Waals surface area contributed by atoms with Crippen molar-refractivity contribution in [1.29, 1.82) is 0 Å². The van der Waals surface area contributed by atoms with Gasteiger partial charge in [-0.2, -0.15) is 0 Å². The molecular weight excluding hydrogens is 296 g/mol. The van der Waals surface area contributed by atoms with Crippen molar-refractivity contribution in [2.45, 2.75) is 20.0 Å². The minimum absolute atomic E-state index is 0.0823. The van der Waals surface area contributed by atoms with Gasteiger partial charge in [-0.05, 0) is 37.6 Å².